The van der Waals surface area contributed by atoms with Crippen molar-refractivity contribution in [3.8, 4) is 11.5 Å². The highest BCUT2D eigenvalue weighted by Gasteiger charge is 2.45. The van der Waals surface area contributed by atoms with Crippen LogP contribution in [0.25, 0.3) is 5.78 Å². The molecule has 0 saturated heterocycles. The molecular formula is C26H20N4O5S. The van der Waals surface area contributed by atoms with Gasteiger partial charge in [0.2, 0.25) is 0 Å². The Morgan fingerprint density at radius 3 is 2.17 bits per heavy atom. The van der Waals surface area contributed by atoms with Crippen molar-refractivity contribution in [2.75, 3.05) is 0 Å². The van der Waals surface area contributed by atoms with Crippen molar-refractivity contribution < 1.29 is 17.9 Å². The van der Waals surface area contributed by atoms with Gasteiger partial charge in [-0.25, -0.2) is 13.4 Å². The van der Waals surface area contributed by atoms with Crippen LogP contribution in [0.1, 0.15) is 22.6 Å². The minimum Gasteiger partial charge on any atom is -0.440 e. The first kappa shape index (κ1) is 22.1. The summed E-state index contributed by atoms with van der Waals surface area (Å²) in [7, 11) is -3.84. The molecule has 0 amide bonds. The quantitative estimate of drug-likeness (QED) is 0.393. The lowest BCUT2D eigenvalue weighted by Crippen LogP contribution is -2.36. The maximum absolute atomic E-state index is 13.3. The number of aryl methyl sites for hydroxylation is 1. The molecule has 0 saturated carbocycles. The molecule has 10 heteroatoms. The Labute approximate surface area is 205 Å². The largest absolute Gasteiger partial charge is 0.440 e. The summed E-state index contributed by atoms with van der Waals surface area (Å²) in [6, 6.07) is 24.8. The Hall–Kier alpha value is -4.44. The predicted molar refractivity (Wildman–Crippen MR) is 131 cm³/mol. The number of hydrogen-bond donors (Lipinski definition) is 1. The van der Waals surface area contributed by atoms with Gasteiger partial charge in [0.1, 0.15) is 11.6 Å². The first-order chi connectivity index (χ1) is 17.3. The van der Waals surface area contributed by atoms with Gasteiger partial charge < -0.3 is 9.47 Å². The molecular weight excluding hydrogens is 480 g/mol. The molecule has 0 bridgehead atoms. The average Bonchev–Trinajstić information content (AvgIpc) is 3.46. The molecule has 1 aliphatic rings. The molecule has 180 valence electrons. The number of rotatable bonds is 5. The van der Waals surface area contributed by atoms with Gasteiger partial charge in [-0.3, -0.25) is 9.89 Å². The molecule has 36 heavy (non-hydrogen) atoms. The van der Waals surface area contributed by atoms with E-state index in [9.17, 15) is 13.2 Å². The van der Waals surface area contributed by atoms with Crippen LogP contribution < -0.4 is 15.0 Å². The van der Waals surface area contributed by atoms with E-state index in [0.717, 1.165) is 15.6 Å². The summed E-state index contributed by atoms with van der Waals surface area (Å²) in [4.78, 5) is 20.5. The van der Waals surface area contributed by atoms with Crippen LogP contribution in [0.5, 0.6) is 11.5 Å². The van der Waals surface area contributed by atoms with E-state index in [2.05, 4.69) is 15.1 Å². The summed E-state index contributed by atoms with van der Waals surface area (Å²) in [6.07, 6.45) is 0. The van der Waals surface area contributed by atoms with E-state index in [1.807, 2.05) is 60.7 Å². The van der Waals surface area contributed by atoms with E-state index in [0.29, 0.717) is 17.2 Å². The van der Waals surface area contributed by atoms with Crippen LogP contribution in [0.15, 0.2) is 94.6 Å². The van der Waals surface area contributed by atoms with Gasteiger partial charge in [0.25, 0.3) is 11.3 Å². The van der Waals surface area contributed by atoms with Crippen molar-refractivity contribution in [2.45, 2.75) is 23.4 Å². The van der Waals surface area contributed by atoms with Gasteiger partial charge in [-0.1, -0.05) is 60.7 Å². The smallest absolute Gasteiger partial charge is 0.305 e. The topological polar surface area (TPSA) is 116 Å². The zero-order valence-electron chi connectivity index (χ0n) is 19.1. The number of ether oxygens (including phenoxy) is 2. The molecule has 0 aliphatic carbocycles. The van der Waals surface area contributed by atoms with E-state index in [1.165, 1.54) is 18.2 Å². The average molecular weight is 501 g/mol. The van der Waals surface area contributed by atoms with Crippen molar-refractivity contribution in [3.63, 3.8) is 0 Å². The van der Waals surface area contributed by atoms with Gasteiger partial charge >= 0.3 is 5.79 Å². The molecule has 2 aromatic heterocycles. The highest BCUT2D eigenvalue weighted by molar-refractivity contribution is 7.90. The SMILES string of the molecule is Cc1cc(=O)n2[nH]c(CS(=O)(=O)c3ccc4c(c3)OC(c3ccccc3)(c3ccccc3)O4)nc2n1. The molecule has 0 unspecified atom stereocenters. The van der Waals surface area contributed by atoms with Gasteiger partial charge in [0, 0.05) is 29.0 Å². The number of fused-ring (bicyclic) bond motifs is 2. The molecule has 9 nitrogen and oxygen atoms in total. The Kier molecular flexibility index (Phi) is 4.94. The first-order valence-electron chi connectivity index (χ1n) is 11.2. The summed E-state index contributed by atoms with van der Waals surface area (Å²) in [6.45, 7) is 1.67. The van der Waals surface area contributed by atoms with Crippen LogP contribution in [0, 0.1) is 6.92 Å². The predicted octanol–water partition coefficient (Wildman–Crippen LogP) is 3.37. The van der Waals surface area contributed by atoms with Crippen molar-refractivity contribution in [1.82, 2.24) is 19.6 Å². The maximum atomic E-state index is 13.3. The van der Waals surface area contributed by atoms with Crippen molar-refractivity contribution in [1.29, 1.82) is 0 Å². The summed E-state index contributed by atoms with van der Waals surface area (Å²) in [5, 5.41) is 2.72. The molecule has 1 aliphatic heterocycles. The zero-order chi connectivity index (χ0) is 24.9. The number of aromatic nitrogens is 4. The molecule has 0 atom stereocenters. The van der Waals surface area contributed by atoms with Gasteiger partial charge in [-0.15, -0.1) is 0 Å². The minimum absolute atomic E-state index is 0.0405. The summed E-state index contributed by atoms with van der Waals surface area (Å²) in [5.41, 5.74) is 1.67. The number of nitrogens with zero attached hydrogens (tertiary/aromatic N) is 3. The van der Waals surface area contributed by atoms with E-state index in [1.54, 1.807) is 13.0 Å². The van der Waals surface area contributed by atoms with Crippen molar-refractivity contribution >= 4 is 15.6 Å². The second-order valence-corrected chi connectivity index (χ2v) is 10.5. The summed E-state index contributed by atoms with van der Waals surface area (Å²) < 4.78 is 40.4. The molecule has 0 fully saturated rings. The summed E-state index contributed by atoms with van der Waals surface area (Å²) >= 11 is 0. The first-order valence-corrected chi connectivity index (χ1v) is 12.8. The number of hydrogen-bond acceptors (Lipinski definition) is 7. The molecule has 6 rings (SSSR count). The van der Waals surface area contributed by atoms with Gasteiger partial charge in [-0.2, -0.15) is 9.50 Å². The molecule has 3 heterocycles. The molecule has 3 aromatic carbocycles. The van der Waals surface area contributed by atoms with Crippen LogP contribution in [0.2, 0.25) is 0 Å². The van der Waals surface area contributed by atoms with Crippen LogP contribution in [-0.2, 0) is 21.4 Å². The fourth-order valence-electron chi connectivity index (χ4n) is 4.26. The number of nitrogens with one attached hydrogen (secondary N) is 1. The number of sulfone groups is 1. The Balaban J connectivity index is 1.36. The molecule has 0 radical (unpaired) electrons. The number of benzene rings is 3. The number of aromatic amines is 1. The van der Waals surface area contributed by atoms with Gasteiger partial charge in [-0.05, 0) is 19.1 Å². The minimum atomic E-state index is -3.84. The Morgan fingerprint density at radius 2 is 1.50 bits per heavy atom. The Morgan fingerprint density at radius 1 is 0.861 bits per heavy atom. The lowest BCUT2D eigenvalue weighted by molar-refractivity contribution is -0.0459. The van der Waals surface area contributed by atoms with Crippen LogP contribution >= 0.6 is 0 Å². The monoisotopic (exact) mass is 500 g/mol. The zero-order valence-corrected chi connectivity index (χ0v) is 19.9. The van der Waals surface area contributed by atoms with Gasteiger partial charge in [0.15, 0.2) is 21.3 Å². The van der Waals surface area contributed by atoms with Crippen LogP contribution in [0.3, 0.4) is 0 Å². The van der Waals surface area contributed by atoms with Crippen LogP contribution in [-0.4, -0.2) is 28.0 Å². The van der Waals surface area contributed by atoms with E-state index in [4.69, 9.17) is 9.47 Å². The lowest BCUT2D eigenvalue weighted by atomic mass is 9.97. The highest BCUT2D eigenvalue weighted by atomic mass is 32.2. The lowest BCUT2D eigenvalue weighted by Gasteiger charge is -2.28. The van der Waals surface area contributed by atoms with Crippen LogP contribution in [0.4, 0.5) is 0 Å². The third kappa shape index (κ3) is 3.62. The highest BCUT2D eigenvalue weighted by Crippen LogP contribution is 2.48. The van der Waals surface area contributed by atoms with Crippen molar-refractivity contribution in [3.05, 3.63) is 118 Å². The third-order valence-corrected chi connectivity index (χ3v) is 7.55. The van der Waals surface area contributed by atoms with E-state index >= 15 is 0 Å². The number of H-pyrrole nitrogens is 1. The third-order valence-electron chi connectivity index (χ3n) is 5.92. The standard InChI is InChI=1S/C26H20N4O5S/c1-17-14-24(31)30-25(27-17)28-23(29-30)16-36(32,33)20-12-13-21-22(15-20)35-26(34-21,18-8-4-2-5-9-18)19-10-6-3-7-11-19/h2-15H,16H2,1H3,(H,27,28,29). The maximum Gasteiger partial charge on any atom is 0.305 e. The van der Waals surface area contributed by atoms with E-state index < -0.39 is 21.4 Å². The van der Waals surface area contributed by atoms with Crippen molar-refractivity contribution in [2.24, 2.45) is 0 Å². The molecule has 1 N–H and O–H groups in total. The Bertz CT molecular complexity index is 1720. The second-order valence-electron chi connectivity index (χ2n) is 8.46. The normalized spacial score (nSPS) is 14.2. The summed E-state index contributed by atoms with van der Waals surface area (Å²) in [5.74, 6) is -0.746. The fraction of sp³-hybridized carbons (Fsp3) is 0.115. The second kappa shape index (κ2) is 8.06. The van der Waals surface area contributed by atoms with E-state index in [-0.39, 0.29) is 22.1 Å². The molecule has 5 aromatic rings. The van der Waals surface area contributed by atoms with Gasteiger partial charge in [0.05, 0.1) is 4.90 Å². The molecule has 0 spiro atoms. The fourth-order valence-corrected chi connectivity index (χ4v) is 5.48.